The molecule has 0 aliphatic carbocycles. The Hall–Kier alpha value is -1.53. The van der Waals surface area contributed by atoms with Gasteiger partial charge in [-0.05, 0) is 28.1 Å². The Bertz CT molecular complexity index is 743. The van der Waals surface area contributed by atoms with Gasteiger partial charge in [0.1, 0.15) is 11.0 Å². The first-order valence-electron chi connectivity index (χ1n) is 4.97. The molecule has 7 heteroatoms. The molecule has 0 atom stereocenters. The van der Waals surface area contributed by atoms with E-state index in [0.717, 1.165) is 0 Å². The van der Waals surface area contributed by atoms with Gasteiger partial charge in [-0.1, -0.05) is 17.7 Å². The first-order chi connectivity index (χ1) is 8.68. The maximum absolute atomic E-state index is 13.5. The van der Waals surface area contributed by atoms with Gasteiger partial charge in [0.05, 0.1) is 16.9 Å². The topological polar surface area (TPSA) is 43.1 Å². The number of rotatable bonds is 1. The zero-order valence-corrected chi connectivity index (χ0v) is 11.2. The SMILES string of the molecule is Fc1cccc(-c2nnc3cncc(Cl)n23)c1Br. The molecule has 0 aliphatic heterocycles. The van der Waals surface area contributed by atoms with Crippen molar-refractivity contribution in [3.63, 3.8) is 0 Å². The van der Waals surface area contributed by atoms with E-state index in [9.17, 15) is 4.39 Å². The van der Waals surface area contributed by atoms with Crippen LogP contribution >= 0.6 is 27.5 Å². The minimum absolute atomic E-state index is 0.326. The lowest BCUT2D eigenvalue weighted by atomic mass is 10.2. The quantitative estimate of drug-likeness (QED) is 0.688. The Labute approximate surface area is 115 Å². The number of aromatic nitrogens is 4. The molecule has 2 aromatic heterocycles. The van der Waals surface area contributed by atoms with Gasteiger partial charge < -0.3 is 0 Å². The lowest BCUT2D eigenvalue weighted by molar-refractivity contribution is 0.621. The van der Waals surface area contributed by atoms with Gasteiger partial charge in [-0.3, -0.25) is 9.38 Å². The third-order valence-electron chi connectivity index (χ3n) is 2.47. The summed E-state index contributed by atoms with van der Waals surface area (Å²) in [5, 5.41) is 8.33. The van der Waals surface area contributed by atoms with Crippen molar-refractivity contribution < 1.29 is 4.39 Å². The van der Waals surface area contributed by atoms with E-state index in [1.807, 2.05) is 0 Å². The van der Waals surface area contributed by atoms with Crippen LogP contribution in [0.4, 0.5) is 4.39 Å². The summed E-state index contributed by atoms with van der Waals surface area (Å²) in [5.41, 5.74) is 1.09. The highest BCUT2D eigenvalue weighted by Crippen LogP contribution is 2.30. The van der Waals surface area contributed by atoms with Crippen LogP contribution < -0.4 is 0 Å². The summed E-state index contributed by atoms with van der Waals surface area (Å²) in [6.45, 7) is 0. The van der Waals surface area contributed by atoms with Crippen LogP contribution in [0.5, 0.6) is 0 Å². The van der Waals surface area contributed by atoms with Crippen LogP contribution in [0.25, 0.3) is 17.0 Å². The van der Waals surface area contributed by atoms with E-state index >= 15 is 0 Å². The van der Waals surface area contributed by atoms with Crippen molar-refractivity contribution >= 4 is 33.2 Å². The predicted octanol–water partition coefficient (Wildman–Crippen LogP) is 3.35. The van der Waals surface area contributed by atoms with Gasteiger partial charge in [0.15, 0.2) is 11.5 Å². The fourth-order valence-electron chi connectivity index (χ4n) is 1.66. The van der Waals surface area contributed by atoms with E-state index in [1.165, 1.54) is 18.5 Å². The van der Waals surface area contributed by atoms with Crippen molar-refractivity contribution in [3.05, 3.63) is 46.0 Å². The van der Waals surface area contributed by atoms with Crippen LogP contribution in [0, 0.1) is 5.82 Å². The number of hydrogen-bond acceptors (Lipinski definition) is 3. The van der Waals surface area contributed by atoms with Crippen molar-refractivity contribution in [2.24, 2.45) is 0 Å². The fourth-order valence-corrected chi connectivity index (χ4v) is 2.33. The molecule has 2 heterocycles. The predicted molar refractivity (Wildman–Crippen MR) is 68.9 cm³/mol. The van der Waals surface area contributed by atoms with Crippen molar-refractivity contribution in [3.8, 4) is 11.4 Å². The van der Waals surface area contributed by atoms with Crippen LogP contribution in [0.15, 0.2) is 35.1 Å². The molecule has 0 N–H and O–H groups in total. The molecule has 1 aromatic carbocycles. The molecule has 90 valence electrons. The minimum Gasteiger partial charge on any atom is -0.262 e. The van der Waals surface area contributed by atoms with Crippen LogP contribution in [0.1, 0.15) is 0 Å². The maximum Gasteiger partial charge on any atom is 0.180 e. The van der Waals surface area contributed by atoms with Crippen LogP contribution in [0.2, 0.25) is 5.15 Å². The summed E-state index contributed by atoms with van der Waals surface area (Å²) in [6.07, 6.45) is 3.02. The van der Waals surface area contributed by atoms with Crippen molar-refractivity contribution in [1.29, 1.82) is 0 Å². The molecule has 0 aliphatic rings. The van der Waals surface area contributed by atoms with Gasteiger partial charge in [-0.15, -0.1) is 10.2 Å². The summed E-state index contributed by atoms with van der Waals surface area (Å²) in [4.78, 5) is 3.92. The van der Waals surface area contributed by atoms with E-state index in [2.05, 4.69) is 31.1 Å². The third-order valence-corrected chi connectivity index (χ3v) is 3.54. The summed E-state index contributed by atoms with van der Waals surface area (Å²) in [5.74, 6) is 0.0956. The maximum atomic E-state index is 13.5. The molecule has 3 rings (SSSR count). The van der Waals surface area contributed by atoms with Gasteiger partial charge in [0, 0.05) is 5.56 Å². The Kier molecular flexibility index (Phi) is 2.76. The molecule has 18 heavy (non-hydrogen) atoms. The number of benzene rings is 1. The molecule has 3 aromatic rings. The van der Waals surface area contributed by atoms with Gasteiger partial charge in [-0.2, -0.15) is 0 Å². The van der Waals surface area contributed by atoms with Crippen LogP contribution in [0.3, 0.4) is 0 Å². The van der Waals surface area contributed by atoms with Crippen molar-refractivity contribution in [2.45, 2.75) is 0 Å². The molecule has 0 amide bonds. The number of halogens is 3. The van der Waals surface area contributed by atoms with Crippen LogP contribution in [-0.4, -0.2) is 19.6 Å². The average molecular weight is 328 g/mol. The van der Waals surface area contributed by atoms with E-state index in [-0.39, 0.29) is 5.82 Å². The van der Waals surface area contributed by atoms with E-state index in [1.54, 1.807) is 16.5 Å². The standard InChI is InChI=1S/C11H5BrClFN4/c12-10-6(2-1-3-7(10)14)11-17-16-9-5-15-4-8(13)18(9)11/h1-5H. The molecule has 0 spiro atoms. The average Bonchev–Trinajstić information content (AvgIpc) is 2.78. The Morgan fingerprint density at radius 1 is 1.22 bits per heavy atom. The normalized spacial score (nSPS) is 11.1. The van der Waals surface area contributed by atoms with E-state index in [4.69, 9.17) is 11.6 Å². The van der Waals surface area contributed by atoms with Gasteiger partial charge >= 0.3 is 0 Å². The lowest BCUT2D eigenvalue weighted by Gasteiger charge is -2.04. The lowest BCUT2D eigenvalue weighted by Crippen LogP contribution is -1.94. The second kappa shape index (κ2) is 4.29. The molecular formula is C11H5BrClFN4. The molecule has 0 radical (unpaired) electrons. The van der Waals surface area contributed by atoms with E-state index < -0.39 is 0 Å². The van der Waals surface area contributed by atoms with Gasteiger partial charge in [-0.25, -0.2) is 4.39 Å². The summed E-state index contributed by atoms with van der Waals surface area (Å²) >= 11 is 9.25. The fraction of sp³-hybridized carbons (Fsp3) is 0. The second-order valence-electron chi connectivity index (χ2n) is 3.55. The highest BCUT2D eigenvalue weighted by Gasteiger charge is 2.15. The number of nitrogens with zero attached hydrogens (tertiary/aromatic N) is 4. The molecule has 0 saturated heterocycles. The highest BCUT2D eigenvalue weighted by atomic mass is 79.9. The summed E-state index contributed by atoms with van der Waals surface area (Å²) < 4.78 is 15.5. The molecule has 4 nitrogen and oxygen atoms in total. The van der Waals surface area contributed by atoms with Crippen molar-refractivity contribution in [1.82, 2.24) is 19.6 Å². The highest BCUT2D eigenvalue weighted by molar-refractivity contribution is 9.10. The zero-order valence-electron chi connectivity index (χ0n) is 8.81. The third kappa shape index (κ3) is 1.69. The zero-order chi connectivity index (χ0) is 12.7. The van der Waals surface area contributed by atoms with Gasteiger partial charge in [0.2, 0.25) is 0 Å². The Morgan fingerprint density at radius 2 is 2.06 bits per heavy atom. The summed E-state index contributed by atoms with van der Waals surface area (Å²) in [7, 11) is 0. The summed E-state index contributed by atoms with van der Waals surface area (Å²) in [6, 6.07) is 4.70. The second-order valence-corrected chi connectivity index (χ2v) is 4.73. The Morgan fingerprint density at radius 3 is 2.89 bits per heavy atom. The molecule has 0 unspecified atom stereocenters. The minimum atomic E-state index is -0.366. The smallest absolute Gasteiger partial charge is 0.180 e. The first kappa shape index (κ1) is 11.6. The number of fused-ring (bicyclic) bond motifs is 1. The van der Waals surface area contributed by atoms with E-state index in [0.29, 0.717) is 26.7 Å². The number of hydrogen-bond donors (Lipinski definition) is 0. The Balaban J connectivity index is 2.36. The molecule has 0 saturated carbocycles. The van der Waals surface area contributed by atoms with Gasteiger partial charge in [0.25, 0.3) is 0 Å². The first-order valence-corrected chi connectivity index (χ1v) is 6.14. The van der Waals surface area contributed by atoms with Crippen LogP contribution in [-0.2, 0) is 0 Å². The molecule has 0 fully saturated rings. The molecule has 0 bridgehead atoms. The largest absolute Gasteiger partial charge is 0.262 e. The monoisotopic (exact) mass is 326 g/mol. The van der Waals surface area contributed by atoms with Crippen molar-refractivity contribution in [2.75, 3.05) is 0 Å². The molecular weight excluding hydrogens is 323 g/mol.